The Balaban J connectivity index is 2.27. The molecule has 0 fully saturated rings. The maximum absolute atomic E-state index is 12.4. The fraction of sp³-hybridized carbons (Fsp3) is 0.308. The highest BCUT2D eigenvalue weighted by atomic mass is 32.2. The van der Waals surface area contributed by atoms with Crippen LogP contribution in [-0.2, 0) is 16.6 Å². The number of sulfonamides is 1. The average Bonchev–Trinajstić information content (AvgIpc) is 2.85. The molecule has 1 aromatic carbocycles. The maximum atomic E-state index is 12.4. The van der Waals surface area contributed by atoms with E-state index in [-0.39, 0.29) is 17.5 Å². The van der Waals surface area contributed by atoms with Crippen molar-refractivity contribution >= 4 is 21.4 Å². The van der Waals surface area contributed by atoms with Gasteiger partial charge < -0.3 is 5.73 Å². The molecule has 108 valence electrons. The Morgan fingerprint density at radius 2 is 2.10 bits per heavy atom. The summed E-state index contributed by atoms with van der Waals surface area (Å²) in [6.07, 6.45) is 1.73. The van der Waals surface area contributed by atoms with Gasteiger partial charge in [0.05, 0.1) is 10.9 Å². The van der Waals surface area contributed by atoms with Gasteiger partial charge in [0.2, 0.25) is 10.0 Å². The Hall–Kier alpha value is -1.28. The van der Waals surface area contributed by atoms with Gasteiger partial charge in [-0.1, -0.05) is 18.2 Å². The number of rotatable bonds is 5. The predicted molar refractivity (Wildman–Crippen MR) is 79.9 cm³/mol. The lowest BCUT2D eigenvalue weighted by Crippen LogP contribution is -2.28. The summed E-state index contributed by atoms with van der Waals surface area (Å²) in [6, 6.07) is 6.36. The van der Waals surface area contributed by atoms with E-state index in [9.17, 15) is 8.42 Å². The summed E-state index contributed by atoms with van der Waals surface area (Å²) in [5.41, 5.74) is 6.19. The first-order valence-electron chi connectivity index (χ1n) is 6.16. The third kappa shape index (κ3) is 3.24. The highest BCUT2D eigenvalue weighted by molar-refractivity contribution is 7.89. The van der Waals surface area contributed by atoms with Gasteiger partial charge in [0.15, 0.2) is 0 Å². The summed E-state index contributed by atoms with van der Waals surface area (Å²) in [4.78, 5) is 5.48. The summed E-state index contributed by atoms with van der Waals surface area (Å²) >= 11 is 1.48. The van der Waals surface area contributed by atoms with Crippen molar-refractivity contribution in [2.45, 2.75) is 31.3 Å². The second kappa shape index (κ2) is 6.01. The van der Waals surface area contributed by atoms with Crippen LogP contribution in [0.25, 0.3) is 0 Å². The van der Waals surface area contributed by atoms with Crippen LogP contribution in [0.1, 0.15) is 28.4 Å². The topological polar surface area (TPSA) is 85.1 Å². The summed E-state index contributed by atoms with van der Waals surface area (Å²) in [7, 11) is -3.60. The lowest BCUT2D eigenvalue weighted by Gasteiger charge is -2.14. The minimum absolute atomic E-state index is 0.182. The van der Waals surface area contributed by atoms with Gasteiger partial charge in [0, 0.05) is 17.6 Å². The minimum Gasteiger partial charge on any atom is -0.326 e. The lowest BCUT2D eigenvalue weighted by molar-refractivity contribution is 0.565. The Labute approximate surface area is 122 Å². The fourth-order valence-electron chi connectivity index (χ4n) is 1.85. The molecule has 0 saturated heterocycles. The molecule has 0 aliphatic carbocycles. The van der Waals surface area contributed by atoms with Gasteiger partial charge in [-0.15, -0.1) is 11.3 Å². The van der Waals surface area contributed by atoms with Crippen LogP contribution in [-0.4, -0.2) is 13.4 Å². The average molecular weight is 311 g/mol. The zero-order chi connectivity index (χ0) is 14.8. The molecule has 0 radical (unpaired) electrons. The van der Waals surface area contributed by atoms with Gasteiger partial charge in [0.25, 0.3) is 0 Å². The van der Waals surface area contributed by atoms with Crippen molar-refractivity contribution < 1.29 is 8.42 Å². The zero-order valence-electron chi connectivity index (χ0n) is 11.3. The van der Waals surface area contributed by atoms with Gasteiger partial charge >= 0.3 is 0 Å². The molecular weight excluding hydrogens is 294 g/mol. The molecular formula is C13H17N3O2S2. The predicted octanol–water partition coefficient (Wildman–Crippen LogP) is 1.95. The number of thiazole rings is 1. The van der Waals surface area contributed by atoms with E-state index in [1.165, 1.54) is 11.3 Å². The van der Waals surface area contributed by atoms with Crippen molar-refractivity contribution in [2.24, 2.45) is 5.73 Å². The van der Waals surface area contributed by atoms with Crippen LogP contribution in [0, 0.1) is 6.92 Å². The molecule has 1 unspecified atom stereocenters. The molecule has 1 aromatic heterocycles. The maximum Gasteiger partial charge on any atom is 0.241 e. The van der Waals surface area contributed by atoms with Crippen molar-refractivity contribution in [3.8, 4) is 0 Å². The molecule has 0 spiro atoms. The van der Waals surface area contributed by atoms with Crippen molar-refractivity contribution in [1.29, 1.82) is 0 Å². The van der Waals surface area contributed by atoms with Gasteiger partial charge in [-0.25, -0.2) is 18.1 Å². The fourth-order valence-corrected chi connectivity index (χ4v) is 4.16. The number of hydrogen-bond donors (Lipinski definition) is 2. The summed E-state index contributed by atoms with van der Waals surface area (Å²) in [5, 5.41) is 0.747. The Bertz CT molecular complexity index is 695. The van der Waals surface area contributed by atoms with Crippen LogP contribution < -0.4 is 10.5 Å². The Kier molecular flexibility index (Phi) is 4.54. The molecule has 1 atom stereocenters. The van der Waals surface area contributed by atoms with Gasteiger partial charge in [-0.3, -0.25) is 0 Å². The minimum atomic E-state index is -3.60. The van der Waals surface area contributed by atoms with Gasteiger partial charge in [0.1, 0.15) is 5.01 Å². The second-order valence-corrected chi connectivity index (χ2v) is 7.41. The van der Waals surface area contributed by atoms with E-state index in [2.05, 4.69) is 9.71 Å². The van der Waals surface area contributed by atoms with Crippen LogP contribution in [0.15, 0.2) is 35.4 Å². The molecule has 0 aliphatic rings. The molecule has 7 heteroatoms. The molecule has 0 amide bonds. The molecule has 5 nitrogen and oxygen atoms in total. The van der Waals surface area contributed by atoms with Crippen molar-refractivity contribution in [2.75, 3.05) is 0 Å². The summed E-state index contributed by atoms with van der Waals surface area (Å²) in [6.45, 7) is 3.90. The highest BCUT2D eigenvalue weighted by Crippen LogP contribution is 2.22. The van der Waals surface area contributed by atoms with E-state index in [1.807, 2.05) is 6.92 Å². The first kappa shape index (κ1) is 15.1. The second-order valence-electron chi connectivity index (χ2n) is 4.46. The number of benzene rings is 1. The standard InChI is InChI=1S/C13H17N3O2S2/c1-9-8-15-13(19-9)10(2)16-20(17,18)12-6-4-3-5-11(12)7-14/h3-6,8,10,16H,7,14H2,1-2H3. The van der Waals surface area contributed by atoms with Gasteiger partial charge in [-0.2, -0.15) is 0 Å². The van der Waals surface area contributed by atoms with Crippen molar-refractivity contribution in [1.82, 2.24) is 9.71 Å². The van der Waals surface area contributed by atoms with Crippen LogP contribution in [0.4, 0.5) is 0 Å². The molecule has 20 heavy (non-hydrogen) atoms. The van der Waals surface area contributed by atoms with E-state index >= 15 is 0 Å². The van der Waals surface area contributed by atoms with Gasteiger partial charge in [-0.05, 0) is 25.5 Å². The number of nitrogens with zero attached hydrogens (tertiary/aromatic N) is 1. The number of aromatic nitrogens is 1. The van der Waals surface area contributed by atoms with E-state index in [0.717, 1.165) is 9.88 Å². The van der Waals surface area contributed by atoms with Crippen LogP contribution in [0.3, 0.4) is 0 Å². The van der Waals surface area contributed by atoms with E-state index in [0.29, 0.717) is 5.56 Å². The van der Waals surface area contributed by atoms with E-state index < -0.39 is 10.0 Å². The normalized spacial score (nSPS) is 13.3. The van der Waals surface area contributed by atoms with E-state index in [4.69, 9.17) is 5.73 Å². The number of nitrogens with two attached hydrogens (primary N) is 1. The molecule has 3 N–H and O–H groups in total. The van der Waals surface area contributed by atoms with Crippen LogP contribution in [0.5, 0.6) is 0 Å². The Morgan fingerprint density at radius 1 is 1.40 bits per heavy atom. The molecule has 0 saturated carbocycles. The SMILES string of the molecule is Cc1cnc(C(C)NS(=O)(=O)c2ccccc2CN)s1. The largest absolute Gasteiger partial charge is 0.326 e. The van der Waals surface area contributed by atoms with E-state index in [1.54, 1.807) is 37.4 Å². The number of aryl methyl sites for hydroxylation is 1. The van der Waals surface area contributed by atoms with Crippen LogP contribution >= 0.6 is 11.3 Å². The van der Waals surface area contributed by atoms with Crippen LogP contribution in [0.2, 0.25) is 0 Å². The first-order chi connectivity index (χ1) is 9.44. The molecule has 1 heterocycles. The van der Waals surface area contributed by atoms with Crippen molar-refractivity contribution in [3.05, 3.63) is 45.9 Å². The Morgan fingerprint density at radius 3 is 2.70 bits per heavy atom. The highest BCUT2D eigenvalue weighted by Gasteiger charge is 2.22. The lowest BCUT2D eigenvalue weighted by atomic mass is 10.2. The molecule has 0 aliphatic heterocycles. The summed E-state index contributed by atoms with van der Waals surface area (Å²) in [5.74, 6) is 0. The number of hydrogen-bond acceptors (Lipinski definition) is 5. The zero-order valence-corrected chi connectivity index (χ0v) is 13.0. The van der Waals surface area contributed by atoms with Crippen molar-refractivity contribution in [3.63, 3.8) is 0 Å². The molecule has 2 aromatic rings. The monoisotopic (exact) mass is 311 g/mol. The summed E-state index contributed by atoms with van der Waals surface area (Å²) < 4.78 is 27.5. The first-order valence-corrected chi connectivity index (χ1v) is 8.46. The third-order valence-corrected chi connectivity index (χ3v) is 5.56. The number of nitrogens with one attached hydrogen (secondary N) is 1. The third-order valence-electron chi connectivity index (χ3n) is 2.82. The quantitative estimate of drug-likeness (QED) is 0.884. The molecule has 0 bridgehead atoms. The smallest absolute Gasteiger partial charge is 0.241 e. The molecule has 2 rings (SSSR count).